The minimum Gasteiger partial charge on any atom is -0.459 e. The van der Waals surface area contributed by atoms with E-state index in [-0.39, 0.29) is 11.9 Å². The smallest absolute Gasteiger partial charge is 0.287 e. The minimum atomic E-state index is -0.115. The van der Waals surface area contributed by atoms with E-state index in [0.717, 1.165) is 32.4 Å². The van der Waals surface area contributed by atoms with Crippen LogP contribution in [0.25, 0.3) is 10.9 Å². The molecule has 5 nitrogen and oxygen atoms in total. The van der Waals surface area contributed by atoms with E-state index in [9.17, 15) is 4.79 Å². The summed E-state index contributed by atoms with van der Waals surface area (Å²) in [5.74, 6) is 0.272. The minimum absolute atomic E-state index is 0.115. The highest BCUT2D eigenvalue weighted by Crippen LogP contribution is 2.39. The van der Waals surface area contributed by atoms with Crippen LogP contribution in [0.2, 0.25) is 0 Å². The molecule has 1 fully saturated rings. The maximum Gasteiger partial charge on any atom is 0.287 e. The van der Waals surface area contributed by atoms with Crippen LogP contribution < -0.4 is 5.32 Å². The van der Waals surface area contributed by atoms with Gasteiger partial charge in [0.15, 0.2) is 5.76 Å². The van der Waals surface area contributed by atoms with Crippen molar-refractivity contribution in [1.82, 2.24) is 15.2 Å². The number of aromatic amines is 1. The van der Waals surface area contributed by atoms with E-state index >= 15 is 0 Å². The molecule has 2 N–H and O–H groups in total. The van der Waals surface area contributed by atoms with Crippen LogP contribution in [0.5, 0.6) is 0 Å². The fraction of sp³-hybridized carbons (Fsp3) is 0.350. The third kappa shape index (κ3) is 2.46. The van der Waals surface area contributed by atoms with E-state index in [0.29, 0.717) is 11.8 Å². The molecule has 2 atom stereocenters. The molecule has 2 aromatic heterocycles. The summed E-state index contributed by atoms with van der Waals surface area (Å²) in [4.78, 5) is 18.5. The van der Waals surface area contributed by atoms with Gasteiger partial charge in [0.2, 0.25) is 0 Å². The number of nitrogens with zero attached hydrogens (tertiary/aromatic N) is 1. The van der Waals surface area contributed by atoms with Crippen LogP contribution in [0.4, 0.5) is 0 Å². The number of nitrogens with one attached hydrogen (secondary N) is 2. The van der Waals surface area contributed by atoms with Crippen molar-refractivity contribution in [3.8, 4) is 0 Å². The SMILES string of the molecule is O=C(NC1CCN2CCc3c([nH]c4ccccc34)[C@@H]2C1)c1ccco1. The van der Waals surface area contributed by atoms with Crippen molar-refractivity contribution < 1.29 is 9.21 Å². The molecule has 25 heavy (non-hydrogen) atoms. The van der Waals surface area contributed by atoms with Crippen molar-refractivity contribution in [2.75, 3.05) is 13.1 Å². The second-order valence-electron chi connectivity index (χ2n) is 7.04. The van der Waals surface area contributed by atoms with Crippen molar-refractivity contribution in [2.24, 2.45) is 0 Å². The van der Waals surface area contributed by atoms with Gasteiger partial charge in [-0.2, -0.15) is 0 Å². The first kappa shape index (κ1) is 14.8. The van der Waals surface area contributed by atoms with Gasteiger partial charge in [-0.25, -0.2) is 0 Å². The Morgan fingerprint density at radius 3 is 3.00 bits per heavy atom. The van der Waals surface area contributed by atoms with Crippen LogP contribution in [0.1, 0.15) is 40.7 Å². The lowest BCUT2D eigenvalue weighted by Crippen LogP contribution is -2.48. The lowest BCUT2D eigenvalue weighted by atomic mass is 9.88. The lowest BCUT2D eigenvalue weighted by Gasteiger charge is -2.42. The number of carbonyl (C=O) groups excluding carboxylic acids is 1. The van der Waals surface area contributed by atoms with Crippen LogP contribution in [0, 0.1) is 0 Å². The number of piperidine rings is 1. The van der Waals surface area contributed by atoms with Crippen LogP contribution in [-0.4, -0.2) is 34.9 Å². The van der Waals surface area contributed by atoms with E-state index in [1.807, 2.05) is 0 Å². The predicted molar refractivity (Wildman–Crippen MR) is 95.5 cm³/mol. The van der Waals surface area contributed by atoms with Gasteiger partial charge in [0.25, 0.3) is 5.91 Å². The van der Waals surface area contributed by atoms with Crippen LogP contribution >= 0.6 is 0 Å². The van der Waals surface area contributed by atoms with Gasteiger partial charge in [-0.05, 0) is 43.0 Å². The second-order valence-corrected chi connectivity index (χ2v) is 7.04. The van der Waals surface area contributed by atoms with E-state index in [1.165, 1.54) is 28.4 Å². The Balaban J connectivity index is 1.41. The molecule has 2 aliphatic heterocycles. The van der Waals surface area contributed by atoms with Gasteiger partial charge < -0.3 is 14.7 Å². The molecule has 4 heterocycles. The lowest BCUT2D eigenvalue weighted by molar-refractivity contribution is 0.0815. The number of amides is 1. The van der Waals surface area contributed by atoms with E-state index in [2.05, 4.69) is 39.5 Å². The third-order valence-electron chi connectivity index (χ3n) is 5.62. The molecule has 5 rings (SSSR count). The maximum atomic E-state index is 12.3. The number of hydrogen-bond donors (Lipinski definition) is 2. The zero-order valence-electron chi connectivity index (χ0n) is 14.0. The van der Waals surface area contributed by atoms with E-state index < -0.39 is 0 Å². The molecule has 0 radical (unpaired) electrons. The first-order chi connectivity index (χ1) is 12.3. The molecule has 0 aliphatic carbocycles. The van der Waals surface area contributed by atoms with Gasteiger partial charge in [-0.1, -0.05) is 18.2 Å². The van der Waals surface area contributed by atoms with Crippen LogP contribution in [0.15, 0.2) is 47.1 Å². The Morgan fingerprint density at radius 1 is 1.20 bits per heavy atom. The van der Waals surface area contributed by atoms with Gasteiger partial charge in [0.05, 0.1) is 12.3 Å². The molecule has 1 unspecified atom stereocenters. The summed E-state index contributed by atoms with van der Waals surface area (Å²) in [7, 11) is 0. The van der Waals surface area contributed by atoms with E-state index in [4.69, 9.17) is 4.42 Å². The number of fused-ring (bicyclic) bond motifs is 5. The summed E-state index contributed by atoms with van der Waals surface area (Å²) in [6, 6.07) is 12.5. The van der Waals surface area contributed by atoms with Gasteiger partial charge in [-0.15, -0.1) is 0 Å². The first-order valence-corrected chi connectivity index (χ1v) is 8.97. The molecule has 1 amide bonds. The van der Waals surface area contributed by atoms with Crippen molar-refractivity contribution in [1.29, 1.82) is 0 Å². The average Bonchev–Trinajstić information content (AvgIpc) is 3.29. The summed E-state index contributed by atoms with van der Waals surface area (Å²) in [6.07, 6.45) is 4.56. The van der Waals surface area contributed by atoms with Gasteiger partial charge >= 0.3 is 0 Å². The first-order valence-electron chi connectivity index (χ1n) is 8.97. The number of rotatable bonds is 2. The summed E-state index contributed by atoms with van der Waals surface area (Å²) in [6.45, 7) is 2.11. The fourth-order valence-corrected chi connectivity index (χ4v) is 4.41. The highest BCUT2D eigenvalue weighted by atomic mass is 16.3. The number of hydrogen-bond acceptors (Lipinski definition) is 3. The number of aromatic nitrogens is 1. The Labute approximate surface area is 146 Å². The topological polar surface area (TPSA) is 61.3 Å². The second kappa shape index (κ2) is 5.77. The van der Waals surface area contributed by atoms with Crippen molar-refractivity contribution in [2.45, 2.75) is 31.3 Å². The zero-order chi connectivity index (χ0) is 16.8. The quantitative estimate of drug-likeness (QED) is 0.756. The van der Waals surface area contributed by atoms with Crippen molar-refractivity contribution >= 4 is 16.8 Å². The summed E-state index contributed by atoms with van der Waals surface area (Å²) in [5.41, 5.74) is 4.01. The Kier molecular flexibility index (Phi) is 3.41. The largest absolute Gasteiger partial charge is 0.459 e. The number of para-hydroxylation sites is 1. The van der Waals surface area contributed by atoms with Crippen LogP contribution in [-0.2, 0) is 6.42 Å². The zero-order valence-corrected chi connectivity index (χ0v) is 14.0. The molecule has 0 spiro atoms. The standard InChI is InChI=1S/C20H21N3O2/c24-20(18-6-3-11-25-18)21-13-7-9-23-10-8-15-14-4-1-2-5-16(14)22-19(15)17(23)12-13/h1-6,11,13,17,22H,7-10,12H2,(H,21,24)/t13?,17-/m0/s1. The molecule has 1 aromatic carbocycles. The molecule has 128 valence electrons. The predicted octanol–water partition coefficient (Wildman–Crippen LogP) is 3.25. The van der Waals surface area contributed by atoms with Crippen molar-refractivity contribution in [3.63, 3.8) is 0 Å². The Hall–Kier alpha value is -2.53. The van der Waals surface area contributed by atoms with E-state index in [1.54, 1.807) is 12.1 Å². The highest BCUT2D eigenvalue weighted by molar-refractivity contribution is 5.91. The number of H-pyrrole nitrogens is 1. The molecule has 0 bridgehead atoms. The summed E-state index contributed by atoms with van der Waals surface area (Å²) in [5, 5.41) is 4.49. The Morgan fingerprint density at radius 2 is 2.12 bits per heavy atom. The van der Waals surface area contributed by atoms with Gasteiger partial charge in [0, 0.05) is 35.7 Å². The number of carbonyl (C=O) groups is 1. The number of furan rings is 1. The molecule has 1 saturated heterocycles. The summed E-state index contributed by atoms with van der Waals surface area (Å²) >= 11 is 0. The van der Waals surface area contributed by atoms with Crippen LogP contribution in [0.3, 0.4) is 0 Å². The molecule has 2 aliphatic rings. The maximum absolute atomic E-state index is 12.3. The Bertz CT molecular complexity index is 912. The van der Waals surface area contributed by atoms with Gasteiger partial charge in [-0.3, -0.25) is 9.69 Å². The van der Waals surface area contributed by atoms with Gasteiger partial charge in [0.1, 0.15) is 0 Å². The monoisotopic (exact) mass is 335 g/mol. The average molecular weight is 335 g/mol. The molecule has 3 aromatic rings. The highest BCUT2D eigenvalue weighted by Gasteiger charge is 2.36. The number of benzene rings is 1. The molecule has 5 heteroatoms. The fourth-order valence-electron chi connectivity index (χ4n) is 4.41. The van der Waals surface area contributed by atoms with Crippen molar-refractivity contribution in [3.05, 3.63) is 59.7 Å². The molecular formula is C20H21N3O2. The summed E-state index contributed by atoms with van der Waals surface area (Å²) < 4.78 is 5.21. The molecule has 0 saturated carbocycles. The third-order valence-corrected chi connectivity index (χ3v) is 5.62. The normalized spacial score (nSPS) is 23.2. The molecular weight excluding hydrogens is 314 g/mol.